The molecule has 0 rings (SSSR count). The molecule has 77 heavy (non-hydrogen) atoms. The molecule has 6 heteroatoms. The van der Waals surface area contributed by atoms with Gasteiger partial charge in [-0.2, -0.15) is 0 Å². The second kappa shape index (κ2) is 66.1. The molecule has 0 aliphatic heterocycles. The van der Waals surface area contributed by atoms with Crippen molar-refractivity contribution in [1.82, 2.24) is 0 Å². The molecule has 0 fully saturated rings. The number of rotatable bonds is 64. The molecule has 1 atom stereocenters. The van der Waals surface area contributed by atoms with Crippen LogP contribution in [0.4, 0.5) is 0 Å². The summed E-state index contributed by atoms with van der Waals surface area (Å²) in [6.07, 6.45) is 81.9. The lowest BCUT2D eigenvalue weighted by atomic mass is 10.0. The number of carbonyl (C=O) groups is 3. The Morgan fingerprint density at radius 1 is 0.260 bits per heavy atom. The fraction of sp³-hybridized carbons (Fsp3) is 0.873. The SMILES string of the molecule is CCCCC/C=C\C/C=C\CCCCCCCCCCCC(=O)OC(COC(=O)CCCCCCCCCCC)COC(=O)CCCCCCCCCCCCCCCCCCCCC/C=C\CCCCCCCCCC. The van der Waals surface area contributed by atoms with Gasteiger partial charge in [-0.3, -0.25) is 14.4 Å². The minimum atomic E-state index is -0.770. The molecule has 0 saturated carbocycles. The Balaban J connectivity index is 4.06. The maximum Gasteiger partial charge on any atom is 0.306 e. The van der Waals surface area contributed by atoms with Crippen molar-refractivity contribution < 1.29 is 28.6 Å². The van der Waals surface area contributed by atoms with Crippen molar-refractivity contribution in [2.75, 3.05) is 13.2 Å². The maximum absolute atomic E-state index is 12.9. The van der Waals surface area contributed by atoms with Gasteiger partial charge in [-0.15, -0.1) is 0 Å². The van der Waals surface area contributed by atoms with Gasteiger partial charge < -0.3 is 14.2 Å². The Hall–Kier alpha value is -2.37. The van der Waals surface area contributed by atoms with Crippen molar-refractivity contribution >= 4 is 17.9 Å². The minimum Gasteiger partial charge on any atom is -0.462 e. The highest BCUT2D eigenvalue weighted by Crippen LogP contribution is 2.18. The van der Waals surface area contributed by atoms with E-state index in [1.165, 1.54) is 276 Å². The van der Waals surface area contributed by atoms with Crippen LogP contribution in [-0.2, 0) is 28.6 Å². The van der Waals surface area contributed by atoms with Crippen molar-refractivity contribution in [2.24, 2.45) is 0 Å². The van der Waals surface area contributed by atoms with E-state index in [4.69, 9.17) is 14.2 Å². The highest BCUT2D eigenvalue weighted by molar-refractivity contribution is 5.71. The molecule has 0 bridgehead atoms. The van der Waals surface area contributed by atoms with E-state index < -0.39 is 6.10 Å². The van der Waals surface area contributed by atoms with Crippen LogP contribution in [0.5, 0.6) is 0 Å². The fourth-order valence-electron chi connectivity index (χ4n) is 10.4. The van der Waals surface area contributed by atoms with Crippen molar-refractivity contribution in [3.63, 3.8) is 0 Å². The van der Waals surface area contributed by atoms with Gasteiger partial charge in [0.05, 0.1) is 0 Å². The normalized spacial score (nSPS) is 12.2. The molecule has 0 aromatic rings. The number of unbranched alkanes of at least 4 members (excludes halogenated alkanes) is 47. The summed E-state index contributed by atoms with van der Waals surface area (Å²) in [5.41, 5.74) is 0. The number of esters is 3. The van der Waals surface area contributed by atoms with E-state index in [0.29, 0.717) is 19.3 Å². The average Bonchev–Trinajstić information content (AvgIpc) is 3.43. The Kier molecular flexibility index (Phi) is 64.1. The quantitative estimate of drug-likeness (QED) is 0.0261. The summed E-state index contributed by atoms with van der Waals surface area (Å²) in [6, 6.07) is 0. The molecule has 0 aliphatic rings. The van der Waals surface area contributed by atoms with Crippen LogP contribution in [0, 0.1) is 0 Å². The summed E-state index contributed by atoms with van der Waals surface area (Å²) in [4.78, 5) is 38.2. The zero-order valence-corrected chi connectivity index (χ0v) is 52.0. The third-order valence-corrected chi connectivity index (χ3v) is 15.6. The van der Waals surface area contributed by atoms with E-state index in [1.54, 1.807) is 0 Å². The number of ether oxygens (including phenoxy) is 3. The van der Waals surface area contributed by atoms with Crippen LogP contribution in [0.1, 0.15) is 380 Å². The largest absolute Gasteiger partial charge is 0.462 e. The van der Waals surface area contributed by atoms with E-state index in [1.807, 2.05) is 0 Å². The molecule has 0 aliphatic carbocycles. The summed E-state index contributed by atoms with van der Waals surface area (Å²) in [7, 11) is 0. The van der Waals surface area contributed by atoms with Gasteiger partial charge in [-0.1, -0.05) is 320 Å². The van der Waals surface area contributed by atoms with Crippen LogP contribution in [-0.4, -0.2) is 37.2 Å². The van der Waals surface area contributed by atoms with Crippen molar-refractivity contribution in [3.8, 4) is 0 Å². The predicted molar refractivity (Wildman–Crippen MR) is 335 cm³/mol. The molecule has 0 radical (unpaired) electrons. The highest BCUT2D eigenvalue weighted by atomic mass is 16.6. The molecule has 452 valence electrons. The highest BCUT2D eigenvalue weighted by Gasteiger charge is 2.19. The second-order valence-electron chi connectivity index (χ2n) is 23.4. The van der Waals surface area contributed by atoms with E-state index in [0.717, 1.165) is 64.2 Å². The number of hydrogen-bond acceptors (Lipinski definition) is 6. The van der Waals surface area contributed by atoms with E-state index in [2.05, 4.69) is 57.2 Å². The summed E-state index contributed by atoms with van der Waals surface area (Å²) >= 11 is 0. The van der Waals surface area contributed by atoms with Crippen LogP contribution < -0.4 is 0 Å². The molecule has 0 saturated heterocycles. The van der Waals surface area contributed by atoms with E-state index in [9.17, 15) is 14.4 Å². The van der Waals surface area contributed by atoms with Gasteiger partial charge in [0.1, 0.15) is 13.2 Å². The summed E-state index contributed by atoms with van der Waals surface area (Å²) < 4.78 is 16.9. The van der Waals surface area contributed by atoms with Crippen molar-refractivity contribution in [2.45, 2.75) is 386 Å². The summed E-state index contributed by atoms with van der Waals surface area (Å²) in [6.45, 7) is 6.65. The Labute approximate surface area is 480 Å². The zero-order valence-electron chi connectivity index (χ0n) is 52.0. The Morgan fingerprint density at radius 3 is 0.753 bits per heavy atom. The Bertz CT molecular complexity index is 1290. The van der Waals surface area contributed by atoms with Gasteiger partial charge in [0.25, 0.3) is 0 Å². The second-order valence-corrected chi connectivity index (χ2v) is 23.4. The first-order valence-corrected chi connectivity index (χ1v) is 34.5. The van der Waals surface area contributed by atoms with Crippen LogP contribution >= 0.6 is 0 Å². The van der Waals surface area contributed by atoms with Crippen LogP contribution in [0.3, 0.4) is 0 Å². The first-order valence-electron chi connectivity index (χ1n) is 34.5. The topological polar surface area (TPSA) is 78.9 Å². The van der Waals surface area contributed by atoms with Crippen LogP contribution in [0.15, 0.2) is 36.5 Å². The van der Waals surface area contributed by atoms with Crippen molar-refractivity contribution in [3.05, 3.63) is 36.5 Å². The van der Waals surface area contributed by atoms with Gasteiger partial charge in [-0.05, 0) is 77.0 Å². The maximum atomic E-state index is 12.9. The first-order chi connectivity index (χ1) is 38.0. The monoisotopic (exact) mass is 1080 g/mol. The molecular weight excluding hydrogens is 949 g/mol. The summed E-state index contributed by atoms with van der Waals surface area (Å²) in [5.74, 6) is -0.851. The molecule has 0 aromatic carbocycles. The predicted octanol–water partition coefficient (Wildman–Crippen LogP) is 23.6. The van der Waals surface area contributed by atoms with Gasteiger partial charge >= 0.3 is 17.9 Å². The van der Waals surface area contributed by atoms with Gasteiger partial charge in [0, 0.05) is 19.3 Å². The van der Waals surface area contributed by atoms with Gasteiger partial charge in [0.2, 0.25) is 0 Å². The smallest absolute Gasteiger partial charge is 0.306 e. The molecule has 0 amide bonds. The van der Waals surface area contributed by atoms with Gasteiger partial charge in [-0.25, -0.2) is 0 Å². The van der Waals surface area contributed by atoms with Gasteiger partial charge in [0.15, 0.2) is 6.10 Å². The number of carbonyl (C=O) groups excluding carboxylic acids is 3. The molecular formula is C71H132O6. The molecule has 0 N–H and O–H groups in total. The molecule has 0 heterocycles. The molecule has 0 spiro atoms. The van der Waals surface area contributed by atoms with Crippen LogP contribution in [0.2, 0.25) is 0 Å². The number of allylic oxidation sites excluding steroid dienone is 6. The lowest BCUT2D eigenvalue weighted by Gasteiger charge is -2.18. The first kappa shape index (κ1) is 74.6. The molecule has 0 aromatic heterocycles. The van der Waals surface area contributed by atoms with Crippen LogP contribution in [0.25, 0.3) is 0 Å². The average molecular weight is 1080 g/mol. The lowest BCUT2D eigenvalue weighted by molar-refractivity contribution is -0.167. The van der Waals surface area contributed by atoms with E-state index >= 15 is 0 Å². The lowest BCUT2D eigenvalue weighted by Crippen LogP contribution is -2.30. The fourth-order valence-corrected chi connectivity index (χ4v) is 10.4. The summed E-state index contributed by atoms with van der Waals surface area (Å²) in [5, 5.41) is 0. The third kappa shape index (κ3) is 64.3. The third-order valence-electron chi connectivity index (χ3n) is 15.6. The van der Waals surface area contributed by atoms with E-state index in [-0.39, 0.29) is 31.1 Å². The number of hydrogen-bond donors (Lipinski definition) is 0. The minimum absolute atomic E-state index is 0.0687. The van der Waals surface area contributed by atoms with Crippen molar-refractivity contribution in [1.29, 1.82) is 0 Å². The zero-order chi connectivity index (χ0) is 55.7. The Morgan fingerprint density at radius 2 is 0.468 bits per heavy atom. The standard InChI is InChI=1S/C71H132O6/c1-4-7-10-13-16-19-21-23-25-27-29-30-31-32-33-34-35-36-37-38-39-40-42-43-45-47-49-52-55-58-61-64-70(73)76-67-68(66-75-69(72)63-60-57-54-51-18-15-12-9-6-3)77-71(74)65-62-59-56-53-50-48-46-44-41-28-26-24-22-20-17-14-11-8-5-2/h17,20,24,26-27,29,68H,4-16,18-19,21-23,25,28,30-67H2,1-3H3/b20-17-,26-24-,29-27-. The molecule has 6 nitrogen and oxygen atoms in total. The molecule has 1 unspecified atom stereocenters.